The molecule has 0 aliphatic heterocycles. The Morgan fingerprint density at radius 3 is 2.55 bits per heavy atom. The van der Waals surface area contributed by atoms with Crippen LogP contribution in [0.1, 0.15) is 17.3 Å². The van der Waals surface area contributed by atoms with Crippen molar-refractivity contribution in [3.05, 3.63) is 52.8 Å². The van der Waals surface area contributed by atoms with Crippen molar-refractivity contribution in [2.24, 2.45) is 0 Å². The highest BCUT2D eigenvalue weighted by Gasteiger charge is 2.15. The zero-order valence-corrected chi connectivity index (χ0v) is 12.9. The van der Waals surface area contributed by atoms with Crippen molar-refractivity contribution < 1.29 is 18.7 Å². The van der Waals surface area contributed by atoms with Crippen molar-refractivity contribution in [3.63, 3.8) is 0 Å². The maximum Gasteiger partial charge on any atom is 0.255 e. The topological polar surface area (TPSA) is 47.6 Å². The quantitative estimate of drug-likeness (QED) is 0.899. The van der Waals surface area contributed by atoms with Gasteiger partial charge in [-0.3, -0.25) is 4.79 Å². The fraction of sp³-hybridized carbons (Fsp3) is 0.188. The van der Waals surface area contributed by atoms with Crippen LogP contribution in [0.15, 0.2) is 36.4 Å². The minimum atomic E-state index is -0.378. The van der Waals surface area contributed by atoms with Crippen LogP contribution in [-0.2, 0) is 0 Å². The Morgan fingerprint density at radius 1 is 1.27 bits per heavy atom. The second-order valence-electron chi connectivity index (χ2n) is 4.38. The maximum absolute atomic E-state index is 12.9. The van der Waals surface area contributed by atoms with Gasteiger partial charge < -0.3 is 14.8 Å². The molecule has 0 heterocycles. The first-order valence-corrected chi connectivity index (χ1v) is 7.00. The smallest absolute Gasteiger partial charge is 0.255 e. The van der Waals surface area contributed by atoms with Crippen molar-refractivity contribution in [2.45, 2.75) is 6.92 Å². The molecule has 0 unspecified atom stereocenters. The molecule has 0 spiro atoms. The molecule has 6 heteroatoms. The van der Waals surface area contributed by atoms with Crippen LogP contribution in [0.3, 0.4) is 0 Å². The number of ether oxygens (including phenoxy) is 2. The Balaban J connectivity index is 2.27. The zero-order valence-electron chi connectivity index (χ0n) is 12.2. The number of hydrogen-bond donors (Lipinski definition) is 1. The molecule has 0 bridgehead atoms. The second kappa shape index (κ2) is 7.13. The van der Waals surface area contributed by atoms with Gasteiger partial charge >= 0.3 is 0 Å². The van der Waals surface area contributed by atoms with Crippen molar-refractivity contribution in [3.8, 4) is 11.5 Å². The van der Waals surface area contributed by atoms with Gasteiger partial charge in [0.2, 0.25) is 0 Å². The fourth-order valence-electron chi connectivity index (χ4n) is 1.90. The highest BCUT2D eigenvalue weighted by Crippen LogP contribution is 2.36. The summed E-state index contributed by atoms with van der Waals surface area (Å²) in [6.07, 6.45) is 0. The molecule has 0 radical (unpaired) electrons. The molecule has 0 aromatic heterocycles. The van der Waals surface area contributed by atoms with E-state index in [0.717, 1.165) is 0 Å². The first-order valence-electron chi connectivity index (χ1n) is 6.62. The Morgan fingerprint density at radius 2 is 1.95 bits per heavy atom. The molecule has 4 nitrogen and oxygen atoms in total. The Kier molecular flexibility index (Phi) is 5.22. The van der Waals surface area contributed by atoms with Crippen molar-refractivity contribution in [1.82, 2.24) is 0 Å². The molecule has 1 amide bonds. The third-order valence-corrected chi connectivity index (χ3v) is 3.16. The van der Waals surface area contributed by atoms with Gasteiger partial charge in [-0.1, -0.05) is 11.6 Å². The number of carbonyl (C=O) groups is 1. The van der Waals surface area contributed by atoms with Crippen LogP contribution in [0, 0.1) is 5.82 Å². The number of carbonyl (C=O) groups excluding carboxylic acids is 1. The highest BCUT2D eigenvalue weighted by atomic mass is 35.5. The van der Waals surface area contributed by atoms with Crippen molar-refractivity contribution in [1.29, 1.82) is 0 Å². The van der Waals surface area contributed by atoms with E-state index >= 15 is 0 Å². The van der Waals surface area contributed by atoms with Gasteiger partial charge in [-0.25, -0.2) is 4.39 Å². The standard InChI is InChI=1S/C16H15ClFNO3/c1-3-22-14-9-10(8-13(17)15(14)21-2)16(20)19-12-6-4-11(18)5-7-12/h4-9H,3H2,1-2H3,(H,19,20). The average molecular weight is 324 g/mol. The van der Waals surface area contributed by atoms with Gasteiger partial charge in [0.1, 0.15) is 5.82 Å². The minimum Gasteiger partial charge on any atom is -0.491 e. The van der Waals surface area contributed by atoms with E-state index in [4.69, 9.17) is 21.1 Å². The molecule has 0 saturated carbocycles. The normalized spacial score (nSPS) is 10.2. The molecule has 0 aliphatic carbocycles. The van der Waals surface area contributed by atoms with E-state index in [-0.39, 0.29) is 16.7 Å². The van der Waals surface area contributed by atoms with E-state index in [1.165, 1.54) is 37.4 Å². The molecule has 0 atom stereocenters. The first-order chi connectivity index (χ1) is 10.5. The number of benzene rings is 2. The lowest BCUT2D eigenvalue weighted by Crippen LogP contribution is -2.12. The number of hydrogen-bond acceptors (Lipinski definition) is 3. The third-order valence-electron chi connectivity index (χ3n) is 2.88. The molecular formula is C16H15ClFNO3. The van der Waals surface area contributed by atoms with Gasteiger partial charge in [0.25, 0.3) is 5.91 Å². The third kappa shape index (κ3) is 3.68. The largest absolute Gasteiger partial charge is 0.491 e. The summed E-state index contributed by atoms with van der Waals surface area (Å²) in [6, 6.07) is 8.52. The molecule has 0 saturated heterocycles. The van der Waals surface area contributed by atoms with Crippen LogP contribution >= 0.6 is 11.6 Å². The van der Waals surface area contributed by atoms with Crippen LogP contribution in [0.25, 0.3) is 0 Å². The lowest BCUT2D eigenvalue weighted by molar-refractivity contribution is 0.102. The van der Waals surface area contributed by atoms with E-state index < -0.39 is 0 Å². The van der Waals surface area contributed by atoms with Gasteiger partial charge in [0, 0.05) is 11.3 Å². The molecule has 0 fully saturated rings. The lowest BCUT2D eigenvalue weighted by Gasteiger charge is -2.13. The summed E-state index contributed by atoms with van der Waals surface area (Å²) in [4.78, 5) is 12.2. The summed E-state index contributed by atoms with van der Waals surface area (Å²) in [7, 11) is 1.47. The van der Waals surface area contributed by atoms with Crippen LogP contribution in [-0.4, -0.2) is 19.6 Å². The van der Waals surface area contributed by atoms with E-state index in [1.54, 1.807) is 6.07 Å². The summed E-state index contributed by atoms with van der Waals surface area (Å²) < 4.78 is 23.5. The second-order valence-corrected chi connectivity index (χ2v) is 4.79. The van der Waals surface area contributed by atoms with E-state index in [1.807, 2.05) is 6.92 Å². The predicted molar refractivity (Wildman–Crippen MR) is 83.5 cm³/mol. The van der Waals surface area contributed by atoms with E-state index in [9.17, 15) is 9.18 Å². The molecule has 0 aliphatic rings. The summed E-state index contributed by atoms with van der Waals surface area (Å²) in [5.74, 6) is 0.0184. The zero-order chi connectivity index (χ0) is 16.1. The molecule has 2 aromatic rings. The number of nitrogens with one attached hydrogen (secondary N) is 1. The molecule has 22 heavy (non-hydrogen) atoms. The number of methoxy groups -OCH3 is 1. The highest BCUT2D eigenvalue weighted by molar-refractivity contribution is 6.32. The van der Waals surface area contributed by atoms with Gasteiger partial charge in [0.05, 0.1) is 18.7 Å². The van der Waals surface area contributed by atoms with Crippen molar-refractivity contribution in [2.75, 3.05) is 19.0 Å². The first kappa shape index (κ1) is 16.1. The molecule has 116 valence electrons. The predicted octanol–water partition coefficient (Wildman–Crippen LogP) is 4.14. The van der Waals surface area contributed by atoms with Gasteiger partial charge in [-0.05, 0) is 43.3 Å². The summed E-state index contributed by atoms with van der Waals surface area (Å²) in [6.45, 7) is 2.23. The Hall–Kier alpha value is -2.27. The van der Waals surface area contributed by atoms with E-state index in [0.29, 0.717) is 29.4 Å². The Bertz CT molecular complexity index is 674. The maximum atomic E-state index is 12.9. The van der Waals surface area contributed by atoms with E-state index in [2.05, 4.69) is 5.32 Å². The van der Waals surface area contributed by atoms with Crippen LogP contribution in [0.4, 0.5) is 10.1 Å². The van der Waals surface area contributed by atoms with Crippen LogP contribution in [0.5, 0.6) is 11.5 Å². The summed E-state index contributed by atoms with van der Waals surface area (Å²) >= 11 is 6.10. The summed E-state index contributed by atoms with van der Waals surface area (Å²) in [5.41, 5.74) is 0.801. The molecule has 2 rings (SSSR count). The van der Waals surface area contributed by atoms with Gasteiger partial charge in [0.15, 0.2) is 11.5 Å². The van der Waals surface area contributed by atoms with Crippen LogP contribution < -0.4 is 14.8 Å². The minimum absolute atomic E-state index is 0.276. The molecular weight excluding hydrogens is 309 g/mol. The number of amides is 1. The fourth-order valence-corrected chi connectivity index (χ4v) is 2.18. The van der Waals surface area contributed by atoms with Crippen molar-refractivity contribution >= 4 is 23.2 Å². The monoisotopic (exact) mass is 323 g/mol. The SMILES string of the molecule is CCOc1cc(C(=O)Nc2ccc(F)cc2)cc(Cl)c1OC. The number of anilines is 1. The molecule has 1 N–H and O–H groups in total. The lowest BCUT2D eigenvalue weighted by atomic mass is 10.1. The number of halogens is 2. The summed E-state index contributed by atoms with van der Waals surface area (Å²) in [5, 5.41) is 2.93. The van der Waals surface area contributed by atoms with Crippen LogP contribution in [0.2, 0.25) is 5.02 Å². The van der Waals surface area contributed by atoms with Gasteiger partial charge in [-0.15, -0.1) is 0 Å². The number of rotatable bonds is 5. The average Bonchev–Trinajstić information content (AvgIpc) is 2.49. The molecule has 2 aromatic carbocycles. The Labute approximate surface area is 132 Å². The van der Waals surface area contributed by atoms with Gasteiger partial charge in [-0.2, -0.15) is 0 Å².